The number of ether oxygens (including phenoxy) is 3. The van der Waals surface area contributed by atoms with E-state index in [-0.39, 0.29) is 23.8 Å². The molecule has 10 nitrogen and oxygen atoms in total. The first-order valence-corrected chi connectivity index (χ1v) is 12.2. The Morgan fingerprint density at radius 3 is 2.38 bits per heavy atom. The molecule has 0 saturated carbocycles. The highest BCUT2D eigenvalue weighted by Gasteiger charge is 2.37. The Hall–Kier alpha value is -5.12. The molecule has 0 bridgehead atoms. The van der Waals surface area contributed by atoms with Gasteiger partial charge in [-0.15, -0.1) is 0 Å². The summed E-state index contributed by atoms with van der Waals surface area (Å²) in [6.45, 7) is 2.25. The number of barbiturate groups is 1. The Morgan fingerprint density at radius 1 is 0.949 bits per heavy atom. The molecule has 10 heteroatoms. The van der Waals surface area contributed by atoms with Crippen LogP contribution in [0.25, 0.3) is 6.08 Å². The molecule has 4 rings (SSSR count). The van der Waals surface area contributed by atoms with Gasteiger partial charge in [0.1, 0.15) is 11.3 Å². The minimum Gasteiger partial charge on any atom is -0.493 e. The molecule has 1 saturated heterocycles. The van der Waals surface area contributed by atoms with Gasteiger partial charge in [-0.1, -0.05) is 37.3 Å². The summed E-state index contributed by atoms with van der Waals surface area (Å²) in [6.07, 6.45) is 2.17. The van der Waals surface area contributed by atoms with Crippen LogP contribution in [-0.4, -0.2) is 44.1 Å². The maximum atomic E-state index is 13.2. The quantitative estimate of drug-likeness (QED) is 0.299. The monoisotopic (exact) mass is 529 g/mol. The van der Waals surface area contributed by atoms with Crippen LogP contribution in [0.2, 0.25) is 0 Å². The number of carbonyl (C=O) groups is 4. The van der Waals surface area contributed by atoms with Crippen molar-refractivity contribution in [3.8, 4) is 17.2 Å². The number of hydrogen-bond acceptors (Lipinski definition) is 7. The summed E-state index contributed by atoms with van der Waals surface area (Å²) in [4.78, 5) is 51.3. The number of amides is 5. The fraction of sp³-hybridized carbons (Fsp3) is 0.172. The molecule has 0 radical (unpaired) electrons. The number of anilines is 2. The molecular weight excluding hydrogens is 502 g/mol. The molecule has 3 aromatic rings. The van der Waals surface area contributed by atoms with E-state index in [2.05, 4.69) is 10.6 Å². The van der Waals surface area contributed by atoms with Gasteiger partial charge in [-0.25, -0.2) is 9.69 Å². The molecule has 1 aliphatic heterocycles. The molecule has 0 spiro atoms. The summed E-state index contributed by atoms with van der Waals surface area (Å²) < 4.78 is 16.5. The Bertz CT molecular complexity index is 1400. The number of benzene rings is 3. The fourth-order valence-corrected chi connectivity index (χ4v) is 3.71. The van der Waals surface area contributed by atoms with Gasteiger partial charge >= 0.3 is 6.03 Å². The topological polar surface area (TPSA) is 123 Å². The number of nitrogens with zero attached hydrogens (tertiary/aromatic N) is 1. The zero-order valence-electron chi connectivity index (χ0n) is 21.4. The normalized spacial score (nSPS) is 14.2. The largest absolute Gasteiger partial charge is 0.493 e. The SMILES string of the molecule is CCCOc1ccc(N2C(=O)NC(=O)/C(=C/c3ccc(OCC(=O)Nc4ccccc4)cc3)C2=O)cc1OC. The highest BCUT2D eigenvalue weighted by atomic mass is 16.5. The summed E-state index contributed by atoms with van der Waals surface area (Å²) in [5.41, 5.74) is 1.17. The van der Waals surface area contributed by atoms with Gasteiger partial charge in [0.15, 0.2) is 18.1 Å². The summed E-state index contributed by atoms with van der Waals surface area (Å²) in [5, 5.41) is 4.92. The van der Waals surface area contributed by atoms with Crippen molar-refractivity contribution in [3.63, 3.8) is 0 Å². The van der Waals surface area contributed by atoms with Crippen LogP contribution >= 0.6 is 0 Å². The average molecular weight is 530 g/mol. The molecule has 1 aliphatic rings. The van der Waals surface area contributed by atoms with Crippen LogP contribution < -0.4 is 29.7 Å². The van der Waals surface area contributed by atoms with E-state index >= 15 is 0 Å². The fourth-order valence-electron chi connectivity index (χ4n) is 3.71. The van der Waals surface area contributed by atoms with Gasteiger partial charge in [0.25, 0.3) is 17.7 Å². The lowest BCUT2D eigenvalue weighted by Crippen LogP contribution is -2.54. The predicted molar refractivity (Wildman–Crippen MR) is 145 cm³/mol. The summed E-state index contributed by atoms with van der Waals surface area (Å²) in [5.74, 6) is -0.672. The minimum absolute atomic E-state index is 0.195. The summed E-state index contributed by atoms with van der Waals surface area (Å²) in [6, 6.07) is 19.2. The molecule has 0 unspecified atom stereocenters. The van der Waals surface area contributed by atoms with Gasteiger partial charge in [0, 0.05) is 11.8 Å². The van der Waals surface area contributed by atoms with E-state index < -0.39 is 17.8 Å². The molecule has 0 aromatic heterocycles. The third-order valence-corrected chi connectivity index (χ3v) is 5.59. The van der Waals surface area contributed by atoms with Crippen LogP contribution in [0.4, 0.5) is 16.2 Å². The Balaban J connectivity index is 1.46. The van der Waals surface area contributed by atoms with Gasteiger partial charge in [0.05, 0.1) is 19.4 Å². The van der Waals surface area contributed by atoms with Gasteiger partial charge in [-0.05, 0) is 54.5 Å². The third-order valence-electron chi connectivity index (χ3n) is 5.59. The first kappa shape index (κ1) is 26.9. The smallest absolute Gasteiger partial charge is 0.335 e. The summed E-state index contributed by atoms with van der Waals surface area (Å²) >= 11 is 0. The third kappa shape index (κ3) is 6.61. The molecular formula is C29H27N3O7. The molecule has 0 aliphatic carbocycles. The van der Waals surface area contributed by atoms with Crippen molar-refractivity contribution in [2.45, 2.75) is 13.3 Å². The average Bonchev–Trinajstić information content (AvgIpc) is 2.94. The van der Waals surface area contributed by atoms with Crippen molar-refractivity contribution in [1.29, 1.82) is 0 Å². The standard InChI is InChI=1S/C29H27N3O7/c1-3-15-38-24-14-11-21(17-25(24)37-2)32-28(35)23(27(34)31-29(32)36)16-19-9-12-22(13-10-19)39-18-26(33)30-20-7-5-4-6-8-20/h4-14,16-17H,3,15,18H2,1-2H3,(H,30,33)(H,31,34,36)/b23-16-. The van der Waals surface area contributed by atoms with Gasteiger partial charge in [0.2, 0.25) is 0 Å². The zero-order valence-corrected chi connectivity index (χ0v) is 21.4. The number of urea groups is 1. The van der Waals surface area contributed by atoms with Crippen molar-refractivity contribution >= 4 is 41.2 Å². The molecule has 0 atom stereocenters. The van der Waals surface area contributed by atoms with Crippen molar-refractivity contribution in [1.82, 2.24) is 5.32 Å². The van der Waals surface area contributed by atoms with Crippen molar-refractivity contribution < 1.29 is 33.4 Å². The molecule has 39 heavy (non-hydrogen) atoms. The van der Waals surface area contributed by atoms with Crippen LogP contribution in [0.15, 0.2) is 78.4 Å². The highest BCUT2D eigenvalue weighted by Crippen LogP contribution is 2.33. The number of para-hydroxylation sites is 1. The second-order valence-corrected chi connectivity index (χ2v) is 8.41. The lowest BCUT2D eigenvalue weighted by Gasteiger charge is -2.27. The molecule has 200 valence electrons. The maximum absolute atomic E-state index is 13.2. The van der Waals surface area contributed by atoms with Crippen LogP contribution in [0.1, 0.15) is 18.9 Å². The van der Waals surface area contributed by atoms with Crippen LogP contribution in [0.5, 0.6) is 17.2 Å². The number of hydrogen-bond donors (Lipinski definition) is 2. The molecule has 1 fully saturated rings. The Kier molecular flexibility index (Phi) is 8.57. The van der Waals surface area contributed by atoms with E-state index in [1.54, 1.807) is 48.5 Å². The van der Waals surface area contributed by atoms with E-state index in [0.29, 0.717) is 35.1 Å². The van der Waals surface area contributed by atoms with E-state index in [1.807, 2.05) is 25.1 Å². The van der Waals surface area contributed by atoms with Crippen LogP contribution in [0.3, 0.4) is 0 Å². The van der Waals surface area contributed by atoms with Gasteiger partial charge in [-0.2, -0.15) is 0 Å². The first-order chi connectivity index (χ1) is 18.9. The number of imide groups is 2. The lowest BCUT2D eigenvalue weighted by molar-refractivity contribution is -0.122. The Morgan fingerprint density at radius 2 is 1.69 bits per heavy atom. The second kappa shape index (κ2) is 12.4. The molecule has 5 amide bonds. The number of rotatable bonds is 10. The van der Waals surface area contributed by atoms with E-state index in [0.717, 1.165) is 11.3 Å². The minimum atomic E-state index is -0.871. The van der Waals surface area contributed by atoms with Crippen LogP contribution in [0, 0.1) is 0 Å². The van der Waals surface area contributed by atoms with Gasteiger partial charge in [-0.3, -0.25) is 19.7 Å². The highest BCUT2D eigenvalue weighted by molar-refractivity contribution is 6.39. The van der Waals surface area contributed by atoms with Crippen molar-refractivity contribution in [3.05, 3.63) is 83.9 Å². The van der Waals surface area contributed by atoms with E-state index in [9.17, 15) is 19.2 Å². The van der Waals surface area contributed by atoms with E-state index in [4.69, 9.17) is 14.2 Å². The molecule has 1 heterocycles. The van der Waals surface area contributed by atoms with Crippen molar-refractivity contribution in [2.75, 3.05) is 30.5 Å². The van der Waals surface area contributed by atoms with Crippen molar-refractivity contribution in [2.24, 2.45) is 0 Å². The number of carbonyl (C=O) groups excluding carboxylic acids is 4. The maximum Gasteiger partial charge on any atom is 0.335 e. The molecule has 2 N–H and O–H groups in total. The van der Waals surface area contributed by atoms with Gasteiger partial charge < -0.3 is 19.5 Å². The number of nitrogens with one attached hydrogen (secondary N) is 2. The second-order valence-electron chi connectivity index (χ2n) is 8.41. The number of methoxy groups -OCH3 is 1. The van der Waals surface area contributed by atoms with E-state index in [1.165, 1.54) is 19.3 Å². The zero-order chi connectivity index (χ0) is 27.8. The lowest BCUT2D eigenvalue weighted by atomic mass is 10.1. The predicted octanol–water partition coefficient (Wildman–Crippen LogP) is 4.17. The first-order valence-electron chi connectivity index (χ1n) is 12.2. The molecule has 3 aromatic carbocycles. The summed E-state index contributed by atoms with van der Waals surface area (Å²) in [7, 11) is 1.45. The van der Waals surface area contributed by atoms with Crippen LogP contribution in [-0.2, 0) is 14.4 Å². The Labute approximate surface area is 225 Å².